The zero-order valence-corrected chi connectivity index (χ0v) is 14.9. The maximum Gasteiger partial charge on any atom is 0.251 e. The molecular weight excluding hydrogens is 336 g/mol. The van der Waals surface area contributed by atoms with Crippen molar-refractivity contribution in [2.24, 2.45) is 0 Å². The molecule has 3 rings (SSSR count). The van der Waals surface area contributed by atoms with E-state index in [-0.39, 0.29) is 5.91 Å². The third kappa shape index (κ3) is 5.16. The summed E-state index contributed by atoms with van der Waals surface area (Å²) in [6, 6.07) is 22.9. The number of nitriles is 1. The van der Waals surface area contributed by atoms with Crippen LogP contribution in [0.1, 0.15) is 27.9 Å². The summed E-state index contributed by atoms with van der Waals surface area (Å²) in [5.74, 6) is 0.386. The van der Waals surface area contributed by atoms with Crippen LogP contribution in [0.2, 0.25) is 0 Å². The largest absolute Gasteiger partial charge is 0.352 e. The van der Waals surface area contributed by atoms with Gasteiger partial charge in [-0.15, -0.1) is 0 Å². The van der Waals surface area contributed by atoms with Crippen molar-refractivity contribution in [3.05, 3.63) is 89.6 Å². The fourth-order valence-corrected chi connectivity index (χ4v) is 2.71. The van der Waals surface area contributed by atoms with E-state index >= 15 is 0 Å². The Kier molecular flexibility index (Phi) is 6.16. The molecule has 0 aliphatic heterocycles. The molecule has 2 aromatic carbocycles. The Hall–Kier alpha value is -3.65. The number of hydrogen-bond donors (Lipinski definition) is 2. The number of aromatic nitrogens is 1. The summed E-state index contributed by atoms with van der Waals surface area (Å²) < 4.78 is 0. The van der Waals surface area contributed by atoms with E-state index < -0.39 is 0 Å². The fraction of sp³-hybridized carbons (Fsp3) is 0.136. The van der Waals surface area contributed by atoms with Crippen molar-refractivity contribution in [1.29, 1.82) is 5.26 Å². The normalized spacial score (nSPS) is 10.0. The summed E-state index contributed by atoms with van der Waals surface area (Å²) >= 11 is 0. The lowest BCUT2D eigenvalue weighted by molar-refractivity contribution is 0.0953. The first-order chi connectivity index (χ1) is 13.3. The van der Waals surface area contributed by atoms with Crippen molar-refractivity contribution >= 4 is 17.4 Å². The Morgan fingerprint density at radius 3 is 2.63 bits per heavy atom. The van der Waals surface area contributed by atoms with E-state index in [1.54, 1.807) is 36.5 Å². The topological polar surface area (TPSA) is 77.8 Å². The maximum atomic E-state index is 12.4. The number of para-hydroxylation sites is 1. The van der Waals surface area contributed by atoms with E-state index in [9.17, 15) is 4.79 Å². The number of carbonyl (C=O) groups excluding carboxylic acids is 1. The van der Waals surface area contributed by atoms with Crippen LogP contribution in [0.15, 0.2) is 72.9 Å². The second-order valence-electron chi connectivity index (χ2n) is 6.06. The summed E-state index contributed by atoms with van der Waals surface area (Å²) in [6.45, 7) is 0.607. The molecule has 0 saturated heterocycles. The van der Waals surface area contributed by atoms with Gasteiger partial charge in [-0.2, -0.15) is 5.26 Å². The summed E-state index contributed by atoms with van der Waals surface area (Å²) in [6.07, 6.45) is 3.38. The average Bonchev–Trinajstić information content (AvgIpc) is 2.72. The van der Waals surface area contributed by atoms with Gasteiger partial charge in [-0.05, 0) is 42.7 Å². The SMILES string of the molecule is N#Cc1ccccc1Nc1cc(C(=O)NCCCc2ccccc2)ccn1. The molecular formula is C22H20N4O. The minimum atomic E-state index is -0.137. The molecule has 0 aliphatic rings. The van der Waals surface area contributed by atoms with Crippen molar-refractivity contribution in [2.45, 2.75) is 12.8 Å². The number of amides is 1. The monoisotopic (exact) mass is 356 g/mol. The molecule has 1 amide bonds. The summed E-state index contributed by atoms with van der Waals surface area (Å²) in [4.78, 5) is 16.6. The lowest BCUT2D eigenvalue weighted by Crippen LogP contribution is -2.24. The molecule has 0 fully saturated rings. The van der Waals surface area contributed by atoms with Gasteiger partial charge in [0.1, 0.15) is 11.9 Å². The van der Waals surface area contributed by atoms with Gasteiger partial charge < -0.3 is 10.6 Å². The molecule has 0 spiro atoms. The van der Waals surface area contributed by atoms with E-state index in [0.29, 0.717) is 29.2 Å². The number of carbonyl (C=O) groups is 1. The van der Waals surface area contributed by atoms with Crippen LogP contribution < -0.4 is 10.6 Å². The van der Waals surface area contributed by atoms with Crippen molar-refractivity contribution in [3.8, 4) is 6.07 Å². The second-order valence-corrected chi connectivity index (χ2v) is 6.06. The Morgan fingerprint density at radius 2 is 1.81 bits per heavy atom. The first kappa shape index (κ1) is 18.2. The van der Waals surface area contributed by atoms with Crippen LogP contribution in [0.4, 0.5) is 11.5 Å². The van der Waals surface area contributed by atoms with Gasteiger partial charge in [-0.25, -0.2) is 4.98 Å². The van der Waals surface area contributed by atoms with Crippen molar-refractivity contribution < 1.29 is 4.79 Å². The number of hydrogen-bond acceptors (Lipinski definition) is 4. The number of benzene rings is 2. The fourth-order valence-electron chi connectivity index (χ4n) is 2.71. The van der Waals surface area contributed by atoms with Crippen molar-refractivity contribution in [2.75, 3.05) is 11.9 Å². The van der Waals surface area contributed by atoms with Crippen LogP contribution in [0.3, 0.4) is 0 Å². The highest BCUT2D eigenvalue weighted by Crippen LogP contribution is 2.19. The van der Waals surface area contributed by atoms with Gasteiger partial charge in [0, 0.05) is 18.3 Å². The zero-order valence-electron chi connectivity index (χ0n) is 14.9. The molecule has 27 heavy (non-hydrogen) atoms. The van der Waals surface area contributed by atoms with Crippen LogP contribution in [0.25, 0.3) is 0 Å². The molecule has 1 aromatic heterocycles. The molecule has 0 saturated carbocycles. The molecule has 5 heteroatoms. The Bertz CT molecular complexity index is 948. The third-order valence-electron chi connectivity index (χ3n) is 4.10. The lowest BCUT2D eigenvalue weighted by atomic mass is 10.1. The molecule has 2 N–H and O–H groups in total. The van der Waals surface area contributed by atoms with Gasteiger partial charge in [0.05, 0.1) is 11.3 Å². The smallest absolute Gasteiger partial charge is 0.251 e. The van der Waals surface area contributed by atoms with Crippen LogP contribution >= 0.6 is 0 Å². The number of rotatable bonds is 7. The van der Waals surface area contributed by atoms with Gasteiger partial charge in [0.2, 0.25) is 0 Å². The van der Waals surface area contributed by atoms with Gasteiger partial charge in [-0.1, -0.05) is 42.5 Å². The molecule has 1 heterocycles. The highest BCUT2D eigenvalue weighted by atomic mass is 16.1. The molecule has 3 aromatic rings. The first-order valence-corrected chi connectivity index (χ1v) is 8.80. The Balaban J connectivity index is 1.56. The van der Waals surface area contributed by atoms with Gasteiger partial charge in [0.15, 0.2) is 0 Å². The summed E-state index contributed by atoms with van der Waals surface area (Å²) in [5.41, 5.74) is 2.97. The van der Waals surface area contributed by atoms with Crippen LogP contribution in [-0.2, 0) is 6.42 Å². The van der Waals surface area contributed by atoms with E-state index in [4.69, 9.17) is 5.26 Å². The summed E-state index contributed by atoms with van der Waals surface area (Å²) in [5, 5.41) is 15.2. The maximum absolute atomic E-state index is 12.4. The van der Waals surface area contributed by atoms with E-state index in [1.807, 2.05) is 24.3 Å². The second kappa shape index (κ2) is 9.16. The number of nitrogens with zero attached hydrogens (tertiary/aromatic N) is 2. The lowest BCUT2D eigenvalue weighted by Gasteiger charge is -2.09. The average molecular weight is 356 g/mol. The van der Waals surface area contributed by atoms with E-state index in [0.717, 1.165) is 12.8 Å². The van der Waals surface area contributed by atoms with Crippen molar-refractivity contribution in [1.82, 2.24) is 10.3 Å². The predicted octanol–water partition coefficient (Wildman–Crippen LogP) is 4.06. The number of pyridine rings is 1. The predicted molar refractivity (Wildman–Crippen MR) is 106 cm³/mol. The van der Waals surface area contributed by atoms with E-state index in [1.165, 1.54) is 5.56 Å². The third-order valence-corrected chi connectivity index (χ3v) is 4.10. The molecule has 0 radical (unpaired) electrons. The number of nitrogens with one attached hydrogen (secondary N) is 2. The highest BCUT2D eigenvalue weighted by molar-refractivity contribution is 5.94. The first-order valence-electron chi connectivity index (χ1n) is 8.80. The minimum absolute atomic E-state index is 0.137. The molecule has 134 valence electrons. The quantitative estimate of drug-likeness (QED) is 0.626. The zero-order chi connectivity index (χ0) is 18.9. The van der Waals surface area contributed by atoms with Crippen LogP contribution in [0, 0.1) is 11.3 Å². The van der Waals surface area contributed by atoms with Crippen LogP contribution in [0.5, 0.6) is 0 Å². The Labute approximate surface area is 158 Å². The highest BCUT2D eigenvalue weighted by Gasteiger charge is 2.08. The van der Waals surface area contributed by atoms with Gasteiger partial charge in [-0.3, -0.25) is 4.79 Å². The minimum Gasteiger partial charge on any atom is -0.352 e. The number of aryl methyl sites for hydroxylation is 1. The number of anilines is 2. The summed E-state index contributed by atoms with van der Waals surface area (Å²) in [7, 11) is 0. The molecule has 0 aliphatic carbocycles. The molecule has 0 unspecified atom stereocenters. The van der Waals surface area contributed by atoms with Gasteiger partial charge in [0.25, 0.3) is 5.91 Å². The van der Waals surface area contributed by atoms with Gasteiger partial charge >= 0.3 is 0 Å². The molecule has 0 bridgehead atoms. The standard InChI is InChI=1S/C22H20N4O/c23-16-19-10-4-5-11-20(19)26-21-15-18(12-14-24-21)22(27)25-13-6-9-17-7-2-1-3-8-17/h1-5,7-8,10-12,14-15H,6,9,13H2,(H,24,26)(H,25,27). The van der Waals surface area contributed by atoms with E-state index in [2.05, 4.69) is 33.8 Å². The molecule has 0 atom stereocenters. The van der Waals surface area contributed by atoms with Crippen LogP contribution in [-0.4, -0.2) is 17.4 Å². The van der Waals surface area contributed by atoms with Crippen molar-refractivity contribution in [3.63, 3.8) is 0 Å². The molecule has 5 nitrogen and oxygen atoms in total. The Morgan fingerprint density at radius 1 is 1.04 bits per heavy atom.